The third kappa shape index (κ3) is 5.29. The summed E-state index contributed by atoms with van der Waals surface area (Å²) in [5.74, 6) is 0. The van der Waals surface area contributed by atoms with Crippen LogP contribution >= 0.6 is 24.0 Å². The van der Waals surface area contributed by atoms with Crippen molar-refractivity contribution >= 4 is 40.6 Å². The van der Waals surface area contributed by atoms with E-state index in [-0.39, 0.29) is 12.4 Å². The molecular weight excluding hydrogens is 487 g/mol. The van der Waals surface area contributed by atoms with Crippen LogP contribution in [-0.4, -0.2) is 22.3 Å². The molecule has 184 valence electrons. The predicted molar refractivity (Wildman–Crippen MR) is 155 cm³/mol. The number of aliphatic hydroxyl groups is 1. The molecule has 5 heteroatoms. The van der Waals surface area contributed by atoms with Gasteiger partial charge >= 0.3 is 0 Å². The van der Waals surface area contributed by atoms with Gasteiger partial charge in [-0.05, 0) is 60.9 Å². The van der Waals surface area contributed by atoms with E-state index in [0.29, 0.717) is 18.1 Å². The molecule has 1 atom stereocenters. The van der Waals surface area contributed by atoms with Crippen LogP contribution in [0.3, 0.4) is 0 Å². The Hall–Kier alpha value is -3.24. The Bertz CT molecular complexity index is 1450. The number of nitrogens with one attached hydrogen (secondary N) is 1. The number of nitrogens with zero attached hydrogens (tertiary/aromatic N) is 1. The SMILES string of the molecule is Cc1cc(C)c2c(c1)c(-c1ccccc1)c(-c1ccccc1)n2CC(O)CNc1ccc(Cl)cc1.Cl. The highest BCUT2D eigenvalue weighted by Crippen LogP contribution is 2.42. The first-order chi connectivity index (χ1) is 17.0. The second kappa shape index (κ2) is 11.2. The van der Waals surface area contributed by atoms with Crippen LogP contribution in [0.4, 0.5) is 5.69 Å². The van der Waals surface area contributed by atoms with Crippen LogP contribution in [0.15, 0.2) is 97.1 Å². The molecule has 4 aromatic carbocycles. The molecule has 0 aliphatic rings. The van der Waals surface area contributed by atoms with Crippen molar-refractivity contribution in [2.45, 2.75) is 26.5 Å². The van der Waals surface area contributed by atoms with Gasteiger partial charge in [0.25, 0.3) is 0 Å². The summed E-state index contributed by atoms with van der Waals surface area (Å²) in [5.41, 5.74) is 9.18. The van der Waals surface area contributed by atoms with Crippen molar-refractivity contribution in [3.8, 4) is 22.4 Å². The molecular formula is C31H30Cl2N2O. The Morgan fingerprint density at radius 1 is 0.833 bits per heavy atom. The van der Waals surface area contributed by atoms with Crippen molar-refractivity contribution in [1.82, 2.24) is 4.57 Å². The number of hydrogen-bond acceptors (Lipinski definition) is 2. The minimum Gasteiger partial charge on any atom is -0.389 e. The zero-order valence-corrected chi connectivity index (χ0v) is 22.0. The van der Waals surface area contributed by atoms with Crippen molar-refractivity contribution in [3.63, 3.8) is 0 Å². The molecule has 0 bridgehead atoms. The van der Waals surface area contributed by atoms with Gasteiger partial charge in [-0.25, -0.2) is 0 Å². The van der Waals surface area contributed by atoms with Gasteiger partial charge in [-0.2, -0.15) is 0 Å². The zero-order chi connectivity index (χ0) is 24.4. The maximum Gasteiger partial charge on any atom is 0.0891 e. The van der Waals surface area contributed by atoms with Crippen LogP contribution in [0.5, 0.6) is 0 Å². The van der Waals surface area contributed by atoms with E-state index in [4.69, 9.17) is 11.6 Å². The fourth-order valence-corrected chi connectivity index (χ4v) is 5.06. The van der Waals surface area contributed by atoms with Crippen LogP contribution < -0.4 is 5.32 Å². The first-order valence-electron chi connectivity index (χ1n) is 11.9. The Labute approximate surface area is 223 Å². The molecule has 36 heavy (non-hydrogen) atoms. The van der Waals surface area contributed by atoms with Crippen molar-refractivity contribution in [2.75, 3.05) is 11.9 Å². The molecule has 1 heterocycles. The standard InChI is InChI=1S/C31H29ClN2O.ClH/c1-21-17-22(2)30-28(18-21)29(23-9-5-3-6-10-23)31(24-11-7-4-8-12-24)34(30)20-27(35)19-33-26-15-13-25(32)14-16-26;/h3-18,27,33,35H,19-20H2,1-2H3;1H. The van der Waals surface area contributed by atoms with Gasteiger partial charge in [0.05, 0.1) is 23.9 Å². The van der Waals surface area contributed by atoms with Crippen LogP contribution in [-0.2, 0) is 6.54 Å². The Morgan fingerprint density at radius 3 is 2.08 bits per heavy atom. The Morgan fingerprint density at radius 2 is 1.44 bits per heavy atom. The molecule has 0 amide bonds. The molecule has 0 saturated heterocycles. The third-order valence-corrected chi connectivity index (χ3v) is 6.63. The summed E-state index contributed by atoms with van der Waals surface area (Å²) in [7, 11) is 0. The van der Waals surface area contributed by atoms with Crippen molar-refractivity contribution < 1.29 is 5.11 Å². The average Bonchev–Trinajstić information content (AvgIpc) is 3.18. The van der Waals surface area contributed by atoms with Gasteiger partial charge in [-0.15, -0.1) is 12.4 Å². The van der Waals surface area contributed by atoms with E-state index in [1.54, 1.807) is 0 Å². The maximum atomic E-state index is 11.2. The smallest absolute Gasteiger partial charge is 0.0891 e. The molecule has 5 rings (SSSR count). The lowest BCUT2D eigenvalue weighted by Crippen LogP contribution is -2.25. The van der Waals surface area contributed by atoms with Gasteiger partial charge in [0, 0.05) is 28.2 Å². The molecule has 0 spiro atoms. The second-order valence-electron chi connectivity index (χ2n) is 9.09. The number of hydrogen-bond donors (Lipinski definition) is 2. The van der Waals surface area contributed by atoms with E-state index in [2.05, 4.69) is 84.4 Å². The monoisotopic (exact) mass is 516 g/mol. The number of halogens is 2. The highest BCUT2D eigenvalue weighted by Gasteiger charge is 2.23. The van der Waals surface area contributed by atoms with Gasteiger partial charge in [-0.1, -0.05) is 83.9 Å². The Kier molecular flexibility index (Phi) is 8.05. The highest BCUT2D eigenvalue weighted by atomic mass is 35.5. The maximum absolute atomic E-state index is 11.2. The number of rotatable bonds is 7. The van der Waals surface area contributed by atoms with Crippen molar-refractivity contribution in [2.24, 2.45) is 0 Å². The predicted octanol–water partition coefficient (Wildman–Crippen LogP) is 8.14. The molecule has 0 saturated carbocycles. The summed E-state index contributed by atoms with van der Waals surface area (Å²) in [4.78, 5) is 0. The quantitative estimate of drug-likeness (QED) is 0.229. The molecule has 0 fully saturated rings. The lowest BCUT2D eigenvalue weighted by atomic mass is 9.97. The molecule has 5 aromatic rings. The minimum atomic E-state index is -0.590. The van der Waals surface area contributed by atoms with Gasteiger partial charge in [-0.3, -0.25) is 0 Å². The Balaban J connectivity index is 0.00000304. The fourth-order valence-electron chi connectivity index (χ4n) is 4.94. The highest BCUT2D eigenvalue weighted by molar-refractivity contribution is 6.30. The summed E-state index contributed by atoms with van der Waals surface area (Å²) in [6.07, 6.45) is -0.590. The first-order valence-corrected chi connectivity index (χ1v) is 12.3. The van der Waals surface area contributed by atoms with Gasteiger partial charge in [0.2, 0.25) is 0 Å². The van der Waals surface area contributed by atoms with Crippen molar-refractivity contribution in [1.29, 1.82) is 0 Å². The first kappa shape index (κ1) is 25.8. The van der Waals surface area contributed by atoms with E-state index in [1.165, 1.54) is 33.2 Å². The number of aromatic nitrogens is 1. The third-order valence-electron chi connectivity index (χ3n) is 6.38. The van der Waals surface area contributed by atoms with E-state index >= 15 is 0 Å². The summed E-state index contributed by atoms with van der Waals surface area (Å²) < 4.78 is 2.30. The molecule has 2 N–H and O–H groups in total. The van der Waals surface area contributed by atoms with Gasteiger partial charge in [0.15, 0.2) is 0 Å². The number of aryl methyl sites for hydroxylation is 2. The van der Waals surface area contributed by atoms with Crippen LogP contribution in [0.25, 0.3) is 33.3 Å². The fraction of sp³-hybridized carbons (Fsp3) is 0.161. The molecule has 1 unspecified atom stereocenters. The molecule has 1 aromatic heterocycles. The van der Waals surface area contributed by atoms with E-state index in [0.717, 1.165) is 16.9 Å². The number of fused-ring (bicyclic) bond motifs is 1. The van der Waals surface area contributed by atoms with Crippen molar-refractivity contribution in [3.05, 3.63) is 113 Å². The van der Waals surface area contributed by atoms with E-state index < -0.39 is 6.10 Å². The topological polar surface area (TPSA) is 37.2 Å². The number of aliphatic hydroxyl groups excluding tert-OH is 1. The lowest BCUT2D eigenvalue weighted by molar-refractivity contribution is 0.169. The molecule has 0 aliphatic carbocycles. The van der Waals surface area contributed by atoms with Crippen LogP contribution in [0, 0.1) is 13.8 Å². The molecule has 0 aliphatic heterocycles. The van der Waals surface area contributed by atoms with Gasteiger partial charge in [0.1, 0.15) is 0 Å². The summed E-state index contributed by atoms with van der Waals surface area (Å²) in [6.45, 7) is 5.21. The summed E-state index contributed by atoms with van der Waals surface area (Å²) >= 11 is 6.01. The molecule has 3 nitrogen and oxygen atoms in total. The minimum absolute atomic E-state index is 0. The van der Waals surface area contributed by atoms with Crippen LogP contribution in [0.1, 0.15) is 11.1 Å². The number of anilines is 1. The van der Waals surface area contributed by atoms with Crippen LogP contribution in [0.2, 0.25) is 5.02 Å². The lowest BCUT2D eigenvalue weighted by Gasteiger charge is -2.19. The summed E-state index contributed by atoms with van der Waals surface area (Å²) in [6, 6.07) is 33.1. The second-order valence-corrected chi connectivity index (χ2v) is 9.52. The summed E-state index contributed by atoms with van der Waals surface area (Å²) in [5, 5.41) is 16.4. The molecule has 0 radical (unpaired) electrons. The average molecular weight is 518 g/mol. The van der Waals surface area contributed by atoms with E-state index in [1.807, 2.05) is 36.4 Å². The van der Waals surface area contributed by atoms with E-state index in [9.17, 15) is 5.11 Å². The largest absolute Gasteiger partial charge is 0.389 e. The van der Waals surface area contributed by atoms with Gasteiger partial charge < -0.3 is 15.0 Å². The number of benzene rings is 4. The normalized spacial score (nSPS) is 11.8. The zero-order valence-electron chi connectivity index (χ0n) is 20.4.